The molecule has 0 spiro atoms. The van der Waals surface area contributed by atoms with Gasteiger partial charge in [0.2, 0.25) is 0 Å². The minimum absolute atomic E-state index is 0.214. The molecule has 76 valence electrons. The maximum Gasteiger partial charge on any atom is 0.129 e. The van der Waals surface area contributed by atoms with E-state index in [1.807, 2.05) is 20.8 Å². The van der Waals surface area contributed by atoms with Crippen LogP contribution in [0, 0.1) is 5.92 Å². The predicted molar refractivity (Wildman–Crippen MR) is 53.7 cm³/mol. The minimum atomic E-state index is -0.214. The van der Waals surface area contributed by atoms with Crippen molar-refractivity contribution in [1.82, 2.24) is 5.32 Å². The van der Waals surface area contributed by atoms with Crippen LogP contribution in [0.15, 0.2) is 5.16 Å². The quantitative estimate of drug-likeness (QED) is 0.610. The van der Waals surface area contributed by atoms with E-state index in [9.17, 15) is 0 Å². The molecule has 1 heterocycles. The fourth-order valence-electron chi connectivity index (χ4n) is 1.16. The van der Waals surface area contributed by atoms with Crippen molar-refractivity contribution in [2.75, 3.05) is 19.6 Å². The third-order valence-corrected chi connectivity index (χ3v) is 1.89. The third-order valence-electron chi connectivity index (χ3n) is 1.89. The molecule has 1 aliphatic heterocycles. The van der Waals surface area contributed by atoms with Gasteiger partial charge in [0.25, 0.3) is 0 Å². The van der Waals surface area contributed by atoms with Crippen LogP contribution in [0.25, 0.3) is 0 Å². The Hall–Kier alpha value is -0.610. The average Bonchev–Trinajstić information content (AvgIpc) is 2.46. The van der Waals surface area contributed by atoms with Gasteiger partial charge in [0.15, 0.2) is 0 Å². The smallest absolute Gasteiger partial charge is 0.129 e. The van der Waals surface area contributed by atoms with Gasteiger partial charge in [0.1, 0.15) is 5.60 Å². The van der Waals surface area contributed by atoms with E-state index in [4.69, 9.17) is 10.6 Å². The second-order valence-corrected chi connectivity index (χ2v) is 4.35. The van der Waals surface area contributed by atoms with Crippen LogP contribution >= 0.6 is 0 Å². The van der Waals surface area contributed by atoms with Crippen molar-refractivity contribution in [2.24, 2.45) is 16.8 Å². The van der Waals surface area contributed by atoms with Crippen LogP contribution < -0.4 is 11.1 Å². The molecule has 0 radical (unpaired) electrons. The predicted octanol–water partition coefficient (Wildman–Crippen LogP) is 0.336. The van der Waals surface area contributed by atoms with Crippen LogP contribution in [-0.4, -0.2) is 30.9 Å². The zero-order chi connectivity index (χ0) is 9.90. The van der Waals surface area contributed by atoms with Crippen LogP contribution in [0.5, 0.6) is 0 Å². The molecular weight excluding hydrogens is 166 g/mol. The monoisotopic (exact) mass is 185 g/mol. The van der Waals surface area contributed by atoms with E-state index in [2.05, 4.69) is 10.5 Å². The Balaban J connectivity index is 2.50. The highest BCUT2D eigenvalue weighted by Gasteiger charge is 2.22. The zero-order valence-corrected chi connectivity index (χ0v) is 8.63. The lowest BCUT2D eigenvalue weighted by molar-refractivity contribution is 0.000170. The summed E-state index contributed by atoms with van der Waals surface area (Å²) in [4.78, 5) is 5.34. The number of oxime groups is 1. The van der Waals surface area contributed by atoms with Crippen LogP contribution in [0.3, 0.4) is 0 Å². The van der Waals surface area contributed by atoms with E-state index in [0.717, 1.165) is 18.8 Å². The normalized spacial score (nSPS) is 26.8. The van der Waals surface area contributed by atoms with Gasteiger partial charge >= 0.3 is 0 Å². The molecule has 0 aromatic carbocycles. The average molecular weight is 185 g/mol. The maximum absolute atomic E-state index is 5.59. The number of rotatable bonds is 2. The van der Waals surface area contributed by atoms with E-state index >= 15 is 0 Å². The molecule has 13 heavy (non-hydrogen) atoms. The first kappa shape index (κ1) is 10.5. The van der Waals surface area contributed by atoms with Crippen molar-refractivity contribution < 1.29 is 4.84 Å². The SMILES string of the molecule is CC(C)(C)O/N=C1\CNCC1CN. The van der Waals surface area contributed by atoms with Crippen LogP contribution in [0.1, 0.15) is 20.8 Å². The Morgan fingerprint density at radius 1 is 1.62 bits per heavy atom. The van der Waals surface area contributed by atoms with Gasteiger partial charge in [-0.25, -0.2) is 0 Å². The summed E-state index contributed by atoms with van der Waals surface area (Å²) >= 11 is 0. The van der Waals surface area contributed by atoms with Crippen molar-refractivity contribution in [3.63, 3.8) is 0 Å². The fraction of sp³-hybridized carbons (Fsp3) is 0.889. The molecular formula is C9H19N3O. The van der Waals surface area contributed by atoms with E-state index in [1.165, 1.54) is 0 Å². The van der Waals surface area contributed by atoms with Crippen LogP contribution in [0.2, 0.25) is 0 Å². The summed E-state index contributed by atoms with van der Waals surface area (Å²) in [6, 6.07) is 0. The van der Waals surface area contributed by atoms with Gasteiger partial charge in [0.05, 0.1) is 5.71 Å². The molecule has 0 bridgehead atoms. The number of hydrogen-bond donors (Lipinski definition) is 2. The molecule has 0 aromatic heterocycles. The zero-order valence-electron chi connectivity index (χ0n) is 8.63. The van der Waals surface area contributed by atoms with Crippen molar-refractivity contribution in [2.45, 2.75) is 26.4 Å². The molecule has 0 saturated carbocycles. The van der Waals surface area contributed by atoms with Gasteiger partial charge in [-0.05, 0) is 20.8 Å². The summed E-state index contributed by atoms with van der Waals surface area (Å²) in [5, 5.41) is 7.34. The highest BCUT2D eigenvalue weighted by molar-refractivity contribution is 5.90. The van der Waals surface area contributed by atoms with E-state index in [-0.39, 0.29) is 5.60 Å². The summed E-state index contributed by atoms with van der Waals surface area (Å²) in [6.45, 7) is 8.31. The molecule has 1 fully saturated rings. The number of nitrogens with two attached hydrogens (primary N) is 1. The Morgan fingerprint density at radius 2 is 2.31 bits per heavy atom. The molecule has 0 amide bonds. The Kier molecular flexibility index (Phi) is 3.27. The second-order valence-electron chi connectivity index (χ2n) is 4.35. The number of nitrogens with zero attached hydrogens (tertiary/aromatic N) is 1. The Labute approximate surface area is 79.5 Å². The first-order chi connectivity index (χ1) is 6.03. The molecule has 0 aromatic rings. The lowest BCUT2D eigenvalue weighted by atomic mass is 10.1. The van der Waals surface area contributed by atoms with Crippen LogP contribution in [0.4, 0.5) is 0 Å². The fourth-order valence-corrected chi connectivity index (χ4v) is 1.16. The molecule has 4 nitrogen and oxygen atoms in total. The largest absolute Gasteiger partial charge is 0.390 e. The van der Waals surface area contributed by atoms with Gasteiger partial charge in [0, 0.05) is 25.6 Å². The molecule has 0 aliphatic carbocycles. The van der Waals surface area contributed by atoms with Crippen molar-refractivity contribution >= 4 is 5.71 Å². The van der Waals surface area contributed by atoms with Crippen molar-refractivity contribution in [1.29, 1.82) is 0 Å². The Morgan fingerprint density at radius 3 is 2.85 bits per heavy atom. The van der Waals surface area contributed by atoms with Crippen molar-refractivity contribution in [3.8, 4) is 0 Å². The number of hydrogen-bond acceptors (Lipinski definition) is 4. The summed E-state index contributed by atoms with van der Waals surface area (Å²) < 4.78 is 0. The molecule has 1 aliphatic rings. The maximum atomic E-state index is 5.59. The van der Waals surface area contributed by atoms with Gasteiger partial charge in [-0.3, -0.25) is 0 Å². The molecule has 4 heteroatoms. The number of nitrogens with one attached hydrogen (secondary N) is 1. The lowest BCUT2D eigenvalue weighted by Crippen LogP contribution is -2.24. The van der Waals surface area contributed by atoms with Crippen molar-refractivity contribution in [3.05, 3.63) is 0 Å². The summed E-state index contributed by atoms with van der Waals surface area (Å²) in [6.07, 6.45) is 0. The standard InChI is InChI=1S/C9H19N3O/c1-9(2,3)13-12-8-6-11-5-7(8)4-10/h7,11H,4-6,10H2,1-3H3/b12-8+. The topological polar surface area (TPSA) is 59.6 Å². The van der Waals surface area contributed by atoms with Crippen LogP contribution in [-0.2, 0) is 4.84 Å². The van der Waals surface area contributed by atoms with Gasteiger partial charge in [-0.1, -0.05) is 5.16 Å². The van der Waals surface area contributed by atoms with Gasteiger partial charge in [-0.15, -0.1) is 0 Å². The lowest BCUT2D eigenvalue weighted by Gasteiger charge is -2.17. The summed E-state index contributed by atoms with van der Waals surface area (Å²) in [7, 11) is 0. The molecule has 1 unspecified atom stereocenters. The second kappa shape index (κ2) is 4.07. The first-order valence-electron chi connectivity index (χ1n) is 4.68. The molecule has 1 atom stereocenters. The van der Waals surface area contributed by atoms with E-state index in [0.29, 0.717) is 12.5 Å². The van der Waals surface area contributed by atoms with E-state index < -0.39 is 0 Å². The van der Waals surface area contributed by atoms with E-state index in [1.54, 1.807) is 0 Å². The minimum Gasteiger partial charge on any atom is -0.390 e. The summed E-state index contributed by atoms with van der Waals surface area (Å²) in [5.41, 5.74) is 6.41. The first-order valence-corrected chi connectivity index (χ1v) is 4.68. The molecule has 1 rings (SSSR count). The highest BCUT2D eigenvalue weighted by atomic mass is 16.6. The Bertz CT molecular complexity index is 196. The van der Waals surface area contributed by atoms with Gasteiger partial charge < -0.3 is 15.9 Å². The molecule has 1 saturated heterocycles. The van der Waals surface area contributed by atoms with Gasteiger partial charge in [-0.2, -0.15) is 0 Å². The molecule has 3 N–H and O–H groups in total. The summed E-state index contributed by atoms with van der Waals surface area (Å²) in [5.74, 6) is 0.349. The highest BCUT2D eigenvalue weighted by Crippen LogP contribution is 2.10. The third kappa shape index (κ3) is 3.32.